The van der Waals surface area contributed by atoms with Crippen LogP contribution in [-0.4, -0.2) is 45.4 Å². The number of alkyl halides is 3. The van der Waals surface area contributed by atoms with E-state index in [-0.39, 0.29) is 17.4 Å². The molecule has 2 aromatic heterocycles. The van der Waals surface area contributed by atoms with Gasteiger partial charge in [-0.2, -0.15) is 18.3 Å². The fourth-order valence-electron chi connectivity index (χ4n) is 3.55. The van der Waals surface area contributed by atoms with E-state index in [1.165, 1.54) is 18.2 Å². The molecule has 1 aliphatic rings. The molecule has 1 saturated heterocycles. The summed E-state index contributed by atoms with van der Waals surface area (Å²) in [5.74, 6) is 0.930. The molecule has 0 saturated carbocycles. The van der Waals surface area contributed by atoms with Crippen molar-refractivity contribution in [3.63, 3.8) is 0 Å². The van der Waals surface area contributed by atoms with Crippen molar-refractivity contribution in [1.29, 1.82) is 0 Å². The zero-order valence-electron chi connectivity index (χ0n) is 16.9. The zero-order chi connectivity index (χ0) is 22.6. The van der Waals surface area contributed by atoms with Crippen molar-refractivity contribution in [2.75, 3.05) is 28.6 Å². The molecule has 1 aromatic carbocycles. The second-order valence-corrected chi connectivity index (χ2v) is 7.34. The molecule has 0 unspecified atom stereocenters. The molecule has 3 heterocycles. The summed E-state index contributed by atoms with van der Waals surface area (Å²) in [6.07, 6.45) is -2.44. The Morgan fingerprint density at radius 2 is 1.88 bits per heavy atom. The number of rotatable bonds is 6. The van der Waals surface area contributed by atoms with Crippen molar-refractivity contribution in [2.24, 2.45) is 0 Å². The lowest BCUT2D eigenvalue weighted by Crippen LogP contribution is -2.27. The molecule has 4 rings (SSSR count). The van der Waals surface area contributed by atoms with Gasteiger partial charge >= 0.3 is 6.18 Å². The molecule has 0 spiro atoms. The number of carbonyl (C=O) groups excluding carboxylic acids is 1. The Hall–Kier alpha value is -3.76. The summed E-state index contributed by atoms with van der Waals surface area (Å²) >= 11 is 0. The number of aromatic nitrogens is 4. The van der Waals surface area contributed by atoms with E-state index in [1.807, 2.05) is 17.0 Å². The first kappa shape index (κ1) is 21.5. The van der Waals surface area contributed by atoms with Crippen LogP contribution in [0.4, 0.5) is 30.6 Å². The molecule has 166 valence electrons. The highest BCUT2D eigenvalue weighted by atomic mass is 19.4. The number of halogens is 3. The predicted octanol–water partition coefficient (Wildman–Crippen LogP) is 3.16. The van der Waals surface area contributed by atoms with E-state index < -0.39 is 24.1 Å². The second-order valence-electron chi connectivity index (χ2n) is 7.34. The third-order valence-electron chi connectivity index (χ3n) is 5.03. The summed E-state index contributed by atoms with van der Waals surface area (Å²) in [6, 6.07) is 12.1. The first-order chi connectivity index (χ1) is 15.4. The summed E-state index contributed by atoms with van der Waals surface area (Å²) in [4.78, 5) is 14.3. The lowest BCUT2D eigenvalue weighted by Gasteiger charge is -2.17. The summed E-state index contributed by atoms with van der Waals surface area (Å²) in [5, 5.41) is 21.8. The van der Waals surface area contributed by atoms with Gasteiger partial charge < -0.3 is 15.5 Å². The Kier molecular flexibility index (Phi) is 6.15. The Labute approximate surface area is 181 Å². The van der Waals surface area contributed by atoms with Crippen molar-refractivity contribution < 1.29 is 18.0 Å². The Morgan fingerprint density at radius 3 is 2.59 bits per heavy atom. The third-order valence-corrected chi connectivity index (χ3v) is 5.03. The van der Waals surface area contributed by atoms with Gasteiger partial charge in [0.25, 0.3) is 0 Å². The maximum Gasteiger partial charge on any atom is 0.416 e. The maximum absolute atomic E-state index is 13.1. The lowest BCUT2D eigenvalue weighted by molar-refractivity contribution is -0.138. The predicted molar refractivity (Wildman–Crippen MR) is 112 cm³/mol. The molecule has 1 atom stereocenters. The van der Waals surface area contributed by atoms with Gasteiger partial charge in [0.1, 0.15) is 5.82 Å². The molecule has 3 aromatic rings. The normalized spacial score (nSPS) is 16.1. The molecule has 32 heavy (non-hydrogen) atoms. The number of nitrogens with zero attached hydrogens (tertiary/aromatic N) is 5. The minimum atomic E-state index is -4.52. The minimum absolute atomic E-state index is 0.0965. The number of carbonyl (C=O) groups is 1. The van der Waals surface area contributed by atoms with Crippen LogP contribution in [0.1, 0.15) is 17.5 Å². The van der Waals surface area contributed by atoms with Crippen molar-refractivity contribution in [3.05, 3.63) is 65.9 Å². The van der Waals surface area contributed by atoms with Gasteiger partial charge in [0, 0.05) is 25.3 Å². The van der Waals surface area contributed by atoms with Crippen LogP contribution in [0.25, 0.3) is 0 Å². The molecular formula is C21H20F3N7O. The molecule has 11 heteroatoms. The minimum Gasteiger partial charge on any atom is -0.364 e. The largest absolute Gasteiger partial charge is 0.416 e. The number of anilines is 3. The summed E-state index contributed by atoms with van der Waals surface area (Å²) in [7, 11) is 0. The van der Waals surface area contributed by atoms with E-state index in [0.29, 0.717) is 18.2 Å². The Morgan fingerprint density at radius 1 is 1.03 bits per heavy atom. The quantitative estimate of drug-likeness (QED) is 0.604. The summed E-state index contributed by atoms with van der Waals surface area (Å²) in [6.45, 7) is 1.47. The molecule has 1 aliphatic heterocycles. The first-order valence-electron chi connectivity index (χ1n) is 9.96. The van der Waals surface area contributed by atoms with Crippen LogP contribution in [0.2, 0.25) is 0 Å². The standard InChI is InChI=1S/C21H20F3N7O/c22-21(23,24)16-5-2-1-4-14(16)12-20(32)27-18-7-8-19(30-29-18)31-11-9-15(13-31)26-17-6-3-10-25-28-17/h1-8,10,15H,9,11-13H2,(H,26,28)(H,27,29,32)/t15-/m1/s1. The highest BCUT2D eigenvalue weighted by molar-refractivity contribution is 5.91. The number of hydrogen-bond donors (Lipinski definition) is 2. The zero-order valence-corrected chi connectivity index (χ0v) is 16.9. The van der Waals surface area contributed by atoms with Crippen LogP contribution < -0.4 is 15.5 Å². The molecule has 1 fully saturated rings. The van der Waals surface area contributed by atoms with E-state index in [4.69, 9.17) is 0 Å². The van der Waals surface area contributed by atoms with Crippen molar-refractivity contribution >= 4 is 23.4 Å². The molecule has 0 aliphatic carbocycles. The van der Waals surface area contributed by atoms with Gasteiger partial charge in [0.2, 0.25) is 5.91 Å². The van der Waals surface area contributed by atoms with E-state index in [9.17, 15) is 18.0 Å². The van der Waals surface area contributed by atoms with E-state index in [1.54, 1.807) is 18.3 Å². The molecule has 0 radical (unpaired) electrons. The second kappa shape index (κ2) is 9.16. The van der Waals surface area contributed by atoms with Crippen LogP contribution in [0.3, 0.4) is 0 Å². The molecular weight excluding hydrogens is 423 g/mol. The van der Waals surface area contributed by atoms with Crippen LogP contribution in [0.5, 0.6) is 0 Å². The SMILES string of the molecule is O=C(Cc1ccccc1C(F)(F)F)Nc1ccc(N2CC[C@@H](Nc3cccnn3)C2)nn1. The first-order valence-corrected chi connectivity index (χ1v) is 9.96. The smallest absolute Gasteiger partial charge is 0.364 e. The number of amides is 1. The van der Waals surface area contributed by atoms with Crippen molar-refractivity contribution in [2.45, 2.75) is 25.1 Å². The summed E-state index contributed by atoms with van der Waals surface area (Å²) in [5.41, 5.74) is -0.920. The van der Waals surface area contributed by atoms with E-state index >= 15 is 0 Å². The van der Waals surface area contributed by atoms with Crippen molar-refractivity contribution in [1.82, 2.24) is 20.4 Å². The topological polar surface area (TPSA) is 95.9 Å². The van der Waals surface area contributed by atoms with Gasteiger partial charge in [-0.1, -0.05) is 18.2 Å². The van der Waals surface area contributed by atoms with Gasteiger partial charge in [-0.05, 0) is 42.3 Å². The third kappa shape index (κ3) is 5.29. The highest BCUT2D eigenvalue weighted by Gasteiger charge is 2.33. The van der Waals surface area contributed by atoms with Gasteiger partial charge in [0.05, 0.1) is 12.0 Å². The Balaban J connectivity index is 1.33. The Bertz CT molecular complexity index is 1060. The van der Waals surface area contributed by atoms with Crippen LogP contribution in [0.15, 0.2) is 54.7 Å². The van der Waals surface area contributed by atoms with Crippen molar-refractivity contribution in [3.8, 4) is 0 Å². The van der Waals surface area contributed by atoms with Crippen LogP contribution in [-0.2, 0) is 17.4 Å². The van der Waals surface area contributed by atoms with Gasteiger partial charge in [-0.15, -0.1) is 15.3 Å². The fraction of sp³-hybridized carbons (Fsp3) is 0.286. The lowest BCUT2D eigenvalue weighted by atomic mass is 10.0. The van der Waals surface area contributed by atoms with Gasteiger partial charge in [0.15, 0.2) is 11.6 Å². The maximum atomic E-state index is 13.1. The molecule has 1 amide bonds. The fourth-order valence-corrected chi connectivity index (χ4v) is 3.55. The molecule has 0 bridgehead atoms. The monoisotopic (exact) mass is 443 g/mol. The van der Waals surface area contributed by atoms with Crippen LogP contribution >= 0.6 is 0 Å². The number of hydrogen-bond acceptors (Lipinski definition) is 7. The average molecular weight is 443 g/mol. The van der Waals surface area contributed by atoms with Crippen LogP contribution in [0, 0.1) is 0 Å². The molecule has 8 nitrogen and oxygen atoms in total. The summed E-state index contributed by atoms with van der Waals surface area (Å²) < 4.78 is 39.3. The number of nitrogens with one attached hydrogen (secondary N) is 2. The van der Waals surface area contributed by atoms with Gasteiger partial charge in [-0.25, -0.2) is 0 Å². The van der Waals surface area contributed by atoms with E-state index in [0.717, 1.165) is 19.0 Å². The van der Waals surface area contributed by atoms with Gasteiger partial charge in [-0.3, -0.25) is 4.79 Å². The number of benzene rings is 1. The average Bonchev–Trinajstić information content (AvgIpc) is 3.23. The van der Waals surface area contributed by atoms with E-state index in [2.05, 4.69) is 31.0 Å². The molecule has 2 N–H and O–H groups in total. The highest BCUT2D eigenvalue weighted by Crippen LogP contribution is 2.32.